The van der Waals surface area contributed by atoms with Gasteiger partial charge in [0, 0.05) is 45.6 Å². The molecule has 2 aromatic rings. The quantitative estimate of drug-likeness (QED) is 0.533. The summed E-state index contributed by atoms with van der Waals surface area (Å²) in [6.45, 7) is 2.90. The van der Waals surface area contributed by atoms with Gasteiger partial charge >= 0.3 is 0 Å². The number of carbonyl (C=O) groups is 1. The molecular formula is C23H29FN4O. The number of rotatable bonds is 8. The minimum absolute atomic E-state index is 0.215. The molecule has 29 heavy (non-hydrogen) atoms. The number of amides is 1. The number of hydrogen-bond donors (Lipinski definition) is 2. The third kappa shape index (κ3) is 6.59. The van der Waals surface area contributed by atoms with Crippen LogP contribution in [0.5, 0.6) is 0 Å². The van der Waals surface area contributed by atoms with Crippen LogP contribution in [0.4, 0.5) is 4.39 Å². The summed E-state index contributed by atoms with van der Waals surface area (Å²) in [7, 11) is 1.73. The number of benzene rings is 2. The second-order valence-corrected chi connectivity index (χ2v) is 7.41. The maximum absolute atomic E-state index is 13.2. The van der Waals surface area contributed by atoms with Crippen molar-refractivity contribution in [1.82, 2.24) is 15.5 Å². The highest BCUT2D eigenvalue weighted by Gasteiger charge is 2.29. The van der Waals surface area contributed by atoms with E-state index in [2.05, 4.69) is 27.8 Å². The van der Waals surface area contributed by atoms with Gasteiger partial charge in [0.2, 0.25) is 5.91 Å². The number of nitrogens with one attached hydrogen (secondary N) is 2. The van der Waals surface area contributed by atoms with Crippen LogP contribution >= 0.6 is 0 Å². The minimum atomic E-state index is -0.215. The molecule has 0 aromatic heterocycles. The van der Waals surface area contributed by atoms with Crippen LogP contribution in [0.2, 0.25) is 0 Å². The second kappa shape index (κ2) is 10.6. The molecule has 1 unspecified atom stereocenters. The van der Waals surface area contributed by atoms with E-state index >= 15 is 0 Å². The molecule has 3 rings (SSSR count). The first-order valence-corrected chi connectivity index (χ1v) is 10.1. The monoisotopic (exact) mass is 396 g/mol. The number of guanidine groups is 1. The highest BCUT2D eigenvalue weighted by Crippen LogP contribution is 2.17. The average molecular weight is 397 g/mol. The predicted octanol–water partition coefficient (Wildman–Crippen LogP) is 2.62. The molecule has 1 aliphatic heterocycles. The summed E-state index contributed by atoms with van der Waals surface area (Å²) in [5.41, 5.74) is 2.20. The fourth-order valence-corrected chi connectivity index (χ4v) is 3.59. The van der Waals surface area contributed by atoms with Crippen LogP contribution in [0.1, 0.15) is 17.5 Å². The molecule has 2 aromatic carbocycles. The van der Waals surface area contributed by atoms with Crippen LogP contribution in [0, 0.1) is 11.7 Å². The number of likely N-dealkylation sites (tertiary alicyclic amines) is 1. The average Bonchev–Trinajstić information content (AvgIpc) is 3.09. The predicted molar refractivity (Wildman–Crippen MR) is 114 cm³/mol. The Balaban J connectivity index is 1.37. The molecule has 0 radical (unpaired) electrons. The van der Waals surface area contributed by atoms with Gasteiger partial charge in [0.05, 0.1) is 0 Å². The lowest BCUT2D eigenvalue weighted by Crippen LogP contribution is -2.41. The molecule has 1 amide bonds. The van der Waals surface area contributed by atoms with Gasteiger partial charge in [-0.3, -0.25) is 9.79 Å². The van der Waals surface area contributed by atoms with Crippen molar-refractivity contribution >= 4 is 11.9 Å². The molecule has 1 saturated heterocycles. The first-order chi connectivity index (χ1) is 14.1. The van der Waals surface area contributed by atoms with Crippen LogP contribution < -0.4 is 10.6 Å². The minimum Gasteiger partial charge on any atom is -0.356 e. The van der Waals surface area contributed by atoms with E-state index in [0.717, 1.165) is 25.1 Å². The lowest BCUT2D eigenvalue weighted by Gasteiger charge is -2.18. The Bertz CT molecular complexity index is 825. The SMILES string of the molecule is CN=C(NCCc1cccc(F)c1)NCC1CC(=O)N(CCc2ccccc2)C1. The van der Waals surface area contributed by atoms with E-state index in [1.807, 2.05) is 29.2 Å². The summed E-state index contributed by atoms with van der Waals surface area (Å²) in [4.78, 5) is 18.5. The molecule has 1 aliphatic rings. The van der Waals surface area contributed by atoms with Gasteiger partial charge in [0.25, 0.3) is 0 Å². The molecule has 0 saturated carbocycles. The Hall–Kier alpha value is -2.89. The van der Waals surface area contributed by atoms with Crippen molar-refractivity contribution in [2.24, 2.45) is 10.9 Å². The summed E-state index contributed by atoms with van der Waals surface area (Å²) in [6.07, 6.45) is 2.17. The van der Waals surface area contributed by atoms with Gasteiger partial charge in [-0.15, -0.1) is 0 Å². The first-order valence-electron chi connectivity index (χ1n) is 10.1. The highest BCUT2D eigenvalue weighted by atomic mass is 19.1. The van der Waals surface area contributed by atoms with Gasteiger partial charge in [-0.2, -0.15) is 0 Å². The lowest BCUT2D eigenvalue weighted by atomic mass is 10.1. The first kappa shape index (κ1) is 20.8. The maximum Gasteiger partial charge on any atom is 0.223 e. The van der Waals surface area contributed by atoms with Gasteiger partial charge in [0.15, 0.2) is 5.96 Å². The van der Waals surface area contributed by atoms with E-state index in [9.17, 15) is 9.18 Å². The van der Waals surface area contributed by atoms with Gasteiger partial charge in [-0.1, -0.05) is 42.5 Å². The zero-order chi connectivity index (χ0) is 20.5. The Labute approximate surface area is 172 Å². The molecule has 0 spiro atoms. The molecule has 2 N–H and O–H groups in total. The number of hydrogen-bond acceptors (Lipinski definition) is 2. The summed E-state index contributed by atoms with van der Waals surface area (Å²) < 4.78 is 13.2. The van der Waals surface area contributed by atoms with Crippen LogP contribution in [0.25, 0.3) is 0 Å². The van der Waals surface area contributed by atoms with Crippen molar-refractivity contribution in [3.05, 3.63) is 71.5 Å². The van der Waals surface area contributed by atoms with Crippen molar-refractivity contribution < 1.29 is 9.18 Å². The van der Waals surface area contributed by atoms with Crippen molar-refractivity contribution in [3.63, 3.8) is 0 Å². The van der Waals surface area contributed by atoms with Crippen LogP contribution in [-0.4, -0.2) is 50.0 Å². The Morgan fingerprint density at radius 2 is 1.90 bits per heavy atom. The van der Waals surface area contributed by atoms with Crippen LogP contribution in [0.15, 0.2) is 59.6 Å². The lowest BCUT2D eigenvalue weighted by molar-refractivity contribution is -0.127. The van der Waals surface area contributed by atoms with E-state index in [0.29, 0.717) is 31.9 Å². The summed E-state index contributed by atoms with van der Waals surface area (Å²) in [5, 5.41) is 6.56. The summed E-state index contributed by atoms with van der Waals surface area (Å²) >= 11 is 0. The fraction of sp³-hybridized carbons (Fsp3) is 0.391. The second-order valence-electron chi connectivity index (χ2n) is 7.41. The topological polar surface area (TPSA) is 56.7 Å². The molecule has 1 atom stereocenters. The number of aliphatic imine (C=N–C) groups is 1. The molecule has 5 nitrogen and oxygen atoms in total. The fourth-order valence-electron chi connectivity index (χ4n) is 3.59. The van der Waals surface area contributed by atoms with E-state index in [-0.39, 0.29) is 17.6 Å². The zero-order valence-electron chi connectivity index (χ0n) is 16.9. The number of carbonyl (C=O) groups excluding carboxylic acids is 1. The van der Waals surface area contributed by atoms with Gasteiger partial charge in [-0.25, -0.2) is 4.39 Å². The van der Waals surface area contributed by atoms with Crippen molar-refractivity contribution in [3.8, 4) is 0 Å². The normalized spacial score (nSPS) is 16.9. The largest absolute Gasteiger partial charge is 0.356 e. The third-order valence-corrected chi connectivity index (χ3v) is 5.18. The molecule has 1 heterocycles. The highest BCUT2D eigenvalue weighted by molar-refractivity contribution is 5.80. The number of nitrogens with zero attached hydrogens (tertiary/aromatic N) is 2. The van der Waals surface area contributed by atoms with Crippen LogP contribution in [-0.2, 0) is 17.6 Å². The Kier molecular flexibility index (Phi) is 7.61. The molecular weight excluding hydrogens is 367 g/mol. The van der Waals surface area contributed by atoms with Crippen molar-refractivity contribution in [2.75, 3.05) is 33.2 Å². The molecule has 0 aliphatic carbocycles. The molecule has 0 bridgehead atoms. The van der Waals surface area contributed by atoms with Gasteiger partial charge in [0.1, 0.15) is 5.82 Å². The van der Waals surface area contributed by atoms with Gasteiger partial charge < -0.3 is 15.5 Å². The van der Waals surface area contributed by atoms with Crippen molar-refractivity contribution in [1.29, 1.82) is 0 Å². The van der Waals surface area contributed by atoms with E-state index in [4.69, 9.17) is 0 Å². The Morgan fingerprint density at radius 3 is 2.66 bits per heavy atom. The molecule has 154 valence electrons. The zero-order valence-corrected chi connectivity index (χ0v) is 16.9. The van der Waals surface area contributed by atoms with Gasteiger partial charge in [-0.05, 0) is 36.1 Å². The van der Waals surface area contributed by atoms with E-state index < -0.39 is 0 Å². The Morgan fingerprint density at radius 1 is 1.10 bits per heavy atom. The summed E-state index contributed by atoms with van der Waals surface area (Å²) in [6, 6.07) is 16.9. The standard InChI is InChI=1S/C23H29FN4O/c1-25-23(26-12-10-19-8-5-9-21(24)14-19)27-16-20-15-22(29)28(17-20)13-11-18-6-3-2-4-7-18/h2-9,14,20H,10-13,15-17H2,1H3,(H2,25,26,27). The molecule has 6 heteroatoms. The third-order valence-electron chi connectivity index (χ3n) is 5.18. The van der Waals surface area contributed by atoms with E-state index in [1.54, 1.807) is 19.2 Å². The van der Waals surface area contributed by atoms with E-state index in [1.165, 1.54) is 11.6 Å². The summed E-state index contributed by atoms with van der Waals surface area (Å²) in [5.74, 6) is 0.992. The molecule has 1 fully saturated rings. The van der Waals surface area contributed by atoms with Crippen LogP contribution in [0.3, 0.4) is 0 Å². The maximum atomic E-state index is 13.2. The number of halogens is 1. The smallest absolute Gasteiger partial charge is 0.223 e. The van der Waals surface area contributed by atoms with Crippen molar-refractivity contribution in [2.45, 2.75) is 19.3 Å².